The number of hydrogen-bond acceptors (Lipinski definition) is 3. The Hall–Kier alpha value is -0.870. The lowest BCUT2D eigenvalue weighted by Crippen LogP contribution is -2.48. The summed E-state index contributed by atoms with van der Waals surface area (Å²) in [6.07, 6.45) is 7.64. The summed E-state index contributed by atoms with van der Waals surface area (Å²) in [5.41, 5.74) is 7.67. The zero-order chi connectivity index (χ0) is 14.0. The number of hydrogen-bond donors (Lipinski definition) is 1. The van der Waals surface area contributed by atoms with Crippen LogP contribution in [0.5, 0.6) is 0 Å². The molecule has 0 amide bonds. The van der Waals surface area contributed by atoms with Gasteiger partial charge < -0.3 is 5.73 Å². The molecule has 4 atom stereocenters. The lowest BCUT2D eigenvalue weighted by Gasteiger charge is -2.43. The molecular formula is C15H28N4. The predicted molar refractivity (Wildman–Crippen MR) is 78.8 cm³/mol. The third-order valence-corrected chi connectivity index (χ3v) is 4.49. The Balaban J connectivity index is 2.22. The van der Waals surface area contributed by atoms with Crippen LogP contribution in [0, 0.1) is 5.92 Å². The second-order valence-electron chi connectivity index (χ2n) is 6.18. The Morgan fingerprint density at radius 3 is 2.74 bits per heavy atom. The Labute approximate surface area is 117 Å². The highest BCUT2D eigenvalue weighted by molar-refractivity contribution is 5.14. The number of likely N-dealkylation sites (tertiary alicyclic amines) is 1. The average Bonchev–Trinajstić information content (AvgIpc) is 2.78. The summed E-state index contributed by atoms with van der Waals surface area (Å²) in [4.78, 5) is 2.59. The van der Waals surface area contributed by atoms with Crippen molar-refractivity contribution in [2.45, 2.75) is 58.2 Å². The molecule has 0 aliphatic carbocycles. The molecule has 0 radical (unpaired) electrons. The molecule has 1 aromatic heterocycles. The number of aryl methyl sites for hydroxylation is 1. The van der Waals surface area contributed by atoms with E-state index in [1.165, 1.54) is 18.4 Å². The average molecular weight is 264 g/mol. The van der Waals surface area contributed by atoms with Crippen LogP contribution in [0.1, 0.15) is 51.6 Å². The maximum Gasteiger partial charge on any atom is 0.0538 e. The van der Waals surface area contributed by atoms with E-state index in [2.05, 4.69) is 37.0 Å². The first-order chi connectivity index (χ1) is 9.02. The number of aromatic nitrogens is 2. The summed E-state index contributed by atoms with van der Waals surface area (Å²) < 4.78 is 1.88. The van der Waals surface area contributed by atoms with Crippen molar-refractivity contribution in [2.24, 2.45) is 18.7 Å². The predicted octanol–water partition coefficient (Wildman–Crippen LogP) is 2.32. The normalized spacial score (nSPS) is 28.3. The highest BCUT2D eigenvalue weighted by Gasteiger charge is 2.33. The zero-order valence-electron chi connectivity index (χ0n) is 12.7. The molecule has 0 aromatic carbocycles. The maximum absolute atomic E-state index is 6.41. The quantitative estimate of drug-likeness (QED) is 0.908. The molecule has 1 aliphatic rings. The molecule has 1 aromatic rings. The van der Waals surface area contributed by atoms with Crippen LogP contribution in [-0.4, -0.2) is 33.3 Å². The monoisotopic (exact) mass is 264 g/mol. The minimum absolute atomic E-state index is 0.181. The fourth-order valence-electron chi connectivity index (χ4n) is 3.34. The largest absolute Gasteiger partial charge is 0.326 e. The van der Waals surface area contributed by atoms with Gasteiger partial charge in [0.15, 0.2) is 0 Å². The van der Waals surface area contributed by atoms with Gasteiger partial charge in [-0.05, 0) is 38.6 Å². The Kier molecular flexibility index (Phi) is 4.63. The van der Waals surface area contributed by atoms with Crippen LogP contribution in [0.2, 0.25) is 0 Å². The molecule has 0 bridgehead atoms. The molecule has 2 heterocycles. The lowest BCUT2D eigenvalue weighted by atomic mass is 9.88. The highest BCUT2D eigenvalue weighted by atomic mass is 15.3. The number of rotatable bonds is 4. The SMILES string of the molecule is CCC(N)C(c1cnn(C)c1)N1CCC(C)CC1C. The van der Waals surface area contributed by atoms with E-state index in [9.17, 15) is 0 Å². The molecule has 1 fully saturated rings. The molecule has 108 valence electrons. The third-order valence-electron chi connectivity index (χ3n) is 4.49. The minimum Gasteiger partial charge on any atom is -0.326 e. The molecule has 0 spiro atoms. The van der Waals surface area contributed by atoms with E-state index >= 15 is 0 Å². The number of nitrogens with zero attached hydrogens (tertiary/aromatic N) is 3. The second-order valence-corrected chi connectivity index (χ2v) is 6.18. The van der Waals surface area contributed by atoms with Crippen LogP contribution < -0.4 is 5.73 Å². The van der Waals surface area contributed by atoms with E-state index in [-0.39, 0.29) is 6.04 Å². The fourth-order valence-corrected chi connectivity index (χ4v) is 3.34. The maximum atomic E-state index is 6.41. The number of piperidine rings is 1. The molecular weight excluding hydrogens is 236 g/mol. The van der Waals surface area contributed by atoms with Crippen molar-refractivity contribution >= 4 is 0 Å². The van der Waals surface area contributed by atoms with Gasteiger partial charge in [-0.15, -0.1) is 0 Å². The smallest absolute Gasteiger partial charge is 0.0538 e. The first-order valence-corrected chi connectivity index (χ1v) is 7.52. The van der Waals surface area contributed by atoms with Gasteiger partial charge in [0, 0.05) is 30.9 Å². The van der Waals surface area contributed by atoms with Gasteiger partial charge in [-0.1, -0.05) is 13.8 Å². The van der Waals surface area contributed by atoms with Crippen molar-refractivity contribution in [1.29, 1.82) is 0 Å². The summed E-state index contributed by atoms with van der Waals surface area (Å²) in [6, 6.07) is 1.09. The van der Waals surface area contributed by atoms with E-state index in [4.69, 9.17) is 5.73 Å². The van der Waals surface area contributed by atoms with E-state index in [1.807, 2.05) is 17.9 Å². The fraction of sp³-hybridized carbons (Fsp3) is 0.800. The van der Waals surface area contributed by atoms with Crippen molar-refractivity contribution in [2.75, 3.05) is 6.54 Å². The molecule has 0 saturated carbocycles. The van der Waals surface area contributed by atoms with Gasteiger partial charge in [0.05, 0.1) is 12.2 Å². The summed E-state index contributed by atoms with van der Waals surface area (Å²) in [6.45, 7) is 8.01. The first kappa shape index (κ1) is 14.5. The topological polar surface area (TPSA) is 47.1 Å². The molecule has 4 unspecified atom stereocenters. The van der Waals surface area contributed by atoms with E-state index in [1.54, 1.807) is 0 Å². The summed E-state index contributed by atoms with van der Waals surface area (Å²) in [5, 5.41) is 4.32. The first-order valence-electron chi connectivity index (χ1n) is 7.52. The zero-order valence-corrected chi connectivity index (χ0v) is 12.7. The van der Waals surface area contributed by atoms with Gasteiger partial charge in [0.1, 0.15) is 0 Å². The van der Waals surface area contributed by atoms with Crippen LogP contribution >= 0.6 is 0 Å². The molecule has 1 saturated heterocycles. The molecule has 19 heavy (non-hydrogen) atoms. The van der Waals surface area contributed by atoms with Gasteiger partial charge in [-0.2, -0.15) is 5.10 Å². The van der Waals surface area contributed by atoms with Crippen molar-refractivity contribution < 1.29 is 0 Å². The van der Waals surface area contributed by atoms with Crippen LogP contribution in [-0.2, 0) is 7.05 Å². The van der Waals surface area contributed by atoms with E-state index in [0.717, 1.165) is 18.9 Å². The van der Waals surface area contributed by atoms with Crippen LogP contribution in [0.15, 0.2) is 12.4 Å². The third kappa shape index (κ3) is 3.18. The Morgan fingerprint density at radius 2 is 2.21 bits per heavy atom. The molecule has 2 rings (SSSR count). The summed E-state index contributed by atoms with van der Waals surface area (Å²) in [7, 11) is 1.97. The van der Waals surface area contributed by atoms with Crippen molar-refractivity contribution in [1.82, 2.24) is 14.7 Å². The standard InChI is InChI=1S/C15H28N4/c1-5-14(16)15(13-9-17-18(4)10-13)19-7-6-11(2)8-12(19)3/h9-12,14-15H,5-8,16H2,1-4H3. The highest BCUT2D eigenvalue weighted by Crippen LogP contribution is 2.33. The minimum atomic E-state index is 0.181. The molecule has 2 N–H and O–H groups in total. The van der Waals surface area contributed by atoms with Crippen molar-refractivity contribution in [3.05, 3.63) is 18.0 Å². The van der Waals surface area contributed by atoms with E-state index < -0.39 is 0 Å². The van der Waals surface area contributed by atoms with Gasteiger partial charge in [0.25, 0.3) is 0 Å². The van der Waals surface area contributed by atoms with Crippen LogP contribution in [0.3, 0.4) is 0 Å². The second kappa shape index (κ2) is 6.06. The number of nitrogens with two attached hydrogens (primary N) is 1. The summed E-state index contributed by atoms with van der Waals surface area (Å²) >= 11 is 0. The van der Waals surface area contributed by atoms with Gasteiger partial charge in [-0.3, -0.25) is 9.58 Å². The van der Waals surface area contributed by atoms with Crippen molar-refractivity contribution in [3.63, 3.8) is 0 Å². The Bertz CT molecular complexity index is 401. The molecule has 4 nitrogen and oxygen atoms in total. The molecule has 4 heteroatoms. The van der Waals surface area contributed by atoms with Crippen LogP contribution in [0.4, 0.5) is 0 Å². The Morgan fingerprint density at radius 1 is 1.47 bits per heavy atom. The van der Waals surface area contributed by atoms with Crippen molar-refractivity contribution in [3.8, 4) is 0 Å². The summed E-state index contributed by atoms with van der Waals surface area (Å²) in [5.74, 6) is 0.832. The van der Waals surface area contributed by atoms with E-state index in [0.29, 0.717) is 12.1 Å². The van der Waals surface area contributed by atoms with Crippen LogP contribution in [0.25, 0.3) is 0 Å². The van der Waals surface area contributed by atoms with Gasteiger partial charge in [0.2, 0.25) is 0 Å². The molecule has 1 aliphatic heterocycles. The lowest BCUT2D eigenvalue weighted by molar-refractivity contribution is 0.0672. The van der Waals surface area contributed by atoms with Gasteiger partial charge >= 0.3 is 0 Å². The van der Waals surface area contributed by atoms with Gasteiger partial charge in [-0.25, -0.2) is 0 Å².